The van der Waals surface area contributed by atoms with Gasteiger partial charge in [0.25, 0.3) is 0 Å². The van der Waals surface area contributed by atoms with E-state index in [0.717, 1.165) is 42.0 Å². The van der Waals surface area contributed by atoms with Gasteiger partial charge in [-0.1, -0.05) is 27.7 Å². The predicted octanol–water partition coefficient (Wildman–Crippen LogP) is 5.30. The van der Waals surface area contributed by atoms with Gasteiger partial charge < -0.3 is 9.47 Å². The van der Waals surface area contributed by atoms with E-state index in [9.17, 15) is 0 Å². The first kappa shape index (κ1) is 16.4. The van der Waals surface area contributed by atoms with E-state index in [4.69, 9.17) is 9.47 Å². The smallest absolute Gasteiger partial charge is 0.133 e. The highest BCUT2D eigenvalue weighted by molar-refractivity contribution is 9.10. The molecule has 3 heteroatoms. The highest BCUT2D eigenvalue weighted by atomic mass is 79.9. The Morgan fingerprint density at radius 1 is 0.947 bits per heavy atom. The lowest BCUT2D eigenvalue weighted by Gasteiger charge is -2.12. The summed E-state index contributed by atoms with van der Waals surface area (Å²) < 4.78 is 12.4. The molecule has 108 valence electrons. The second-order valence-corrected chi connectivity index (χ2v) is 6.51. The fourth-order valence-electron chi connectivity index (χ4n) is 1.51. The molecule has 0 heterocycles. The van der Waals surface area contributed by atoms with Gasteiger partial charge in [-0.15, -0.1) is 0 Å². The van der Waals surface area contributed by atoms with Crippen molar-refractivity contribution >= 4 is 15.9 Å². The second-order valence-electron chi connectivity index (χ2n) is 5.65. The third kappa shape index (κ3) is 6.86. The summed E-state index contributed by atoms with van der Waals surface area (Å²) in [6.07, 6.45) is 2.14. The van der Waals surface area contributed by atoms with Gasteiger partial charge in [-0.2, -0.15) is 0 Å². The monoisotopic (exact) mass is 328 g/mol. The first-order chi connectivity index (χ1) is 8.99. The molecule has 0 aromatic heterocycles. The summed E-state index contributed by atoms with van der Waals surface area (Å²) in [7, 11) is 0. The van der Waals surface area contributed by atoms with Crippen LogP contribution < -0.4 is 9.47 Å². The molecule has 0 aliphatic heterocycles. The quantitative estimate of drug-likeness (QED) is 0.644. The maximum atomic E-state index is 5.74. The van der Waals surface area contributed by atoms with Gasteiger partial charge in [0.15, 0.2) is 0 Å². The van der Waals surface area contributed by atoms with Crippen LogP contribution in [-0.2, 0) is 0 Å². The third-order valence-electron chi connectivity index (χ3n) is 2.82. The lowest BCUT2D eigenvalue weighted by Crippen LogP contribution is -2.03. The van der Waals surface area contributed by atoms with Crippen molar-refractivity contribution in [2.45, 2.75) is 40.5 Å². The first-order valence-corrected chi connectivity index (χ1v) is 7.83. The molecule has 0 unspecified atom stereocenters. The van der Waals surface area contributed by atoms with Gasteiger partial charge in [-0.25, -0.2) is 0 Å². The van der Waals surface area contributed by atoms with E-state index in [0.29, 0.717) is 11.8 Å². The number of benzene rings is 1. The van der Waals surface area contributed by atoms with Crippen LogP contribution in [0.4, 0.5) is 0 Å². The van der Waals surface area contributed by atoms with Crippen LogP contribution in [0.5, 0.6) is 11.5 Å². The van der Waals surface area contributed by atoms with Crippen LogP contribution >= 0.6 is 15.9 Å². The van der Waals surface area contributed by atoms with Gasteiger partial charge in [0, 0.05) is 0 Å². The molecule has 0 saturated heterocycles. The SMILES string of the molecule is CC(C)CCOc1ccc(OCCC(C)C)c(Br)c1. The highest BCUT2D eigenvalue weighted by Crippen LogP contribution is 2.29. The Labute approximate surface area is 125 Å². The molecule has 19 heavy (non-hydrogen) atoms. The summed E-state index contributed by atoms with van der Waals surface area (Å²) in [4.78, 5) is 0. The Morgan fingerprint density at radius 3 is 2.05 bits per heavy atom. The summed E-state index contributed by atoms with van der Waals surface area (Å²) in [5.74, 6) is 3.11. The number of hydrogen-bond acceptors (Lipinski definition) is 2. The van der Waals surface area contributed by atoms with E-state index >= 15 is 0 Å². The molecule has 1 aromatic rings. The molecule has 0 fully saturated rings. The van der Waals surface area contributed by atoms with Crippen LogP contribution in [-0.4, -0.2) is 13.2 Å². The molecule has 1 rings (SSSR count). The molecule has 0 radical (unpaired) electrons. The predicted molar refractivity (Wildman–Crippen MR) is 84.0 cm³/mol. The van der Waals surface area contributed by atoms with E-state index in [1.165, 1.54) is 0 Å². The molecular weight excluding hydrogens is 304 g/mol. The molecule has 0 aliphatic carbocycles. The summed E-state index contributed by atoms with van der Waals surface area (Å²) in [6.45, 7) is 10.3. The van der Waals surface area contributed by atoms with Crippen LogP contribution in [0.1, 0.15) is 40.5 Å². The van der Waals surface area contributed by atoms with Crippen molar-refractivity contribution in [3.63, 3.8) is 0 Å². The average Bonchev–Trinajstić information content (AvgIpc) is 2.31. The molecule has 0 atom stereocenters. The zero-order valence-electron chi connectivity index (χ0n) is 12.4. The van der Waals surface area contributed by atoms with Crippen molar-refractivity contribution in [1.29, 1.82) is 0 Å². The Kier molecular flexibility index (Phi) is 7.29. The molecule has 0 aliphatic rings. The minimum atomic E-state index is 0.664. The standard InChI is InChI=1S/C16H25BrO2/c1-12(2)7-9-18-14-5-6-16(15(17)11-14)19-10-8-13(3)4/h5-6,11-13H,7-10H2,1-4H3. The number of ether oxygens (including phenoxy) is 2. The van der Waals surface area contributed by atoms with Crippen molar-refractivity contribution in [2.24, 2.45) is 11.8 Å². The fourth-order valence-corrected chi connectivity index (χ4v) is 1.98. The second kappa shape index (κ2) is 8.47. The van der Waals surface area contributed by atoms with Crippen molar-refractivity contribution < 1.29 is 9.47 Å². The molecular formula is C16H25BrO2. The Bertz CT molecular complexity index is 375. The van der Waals surface area contributed by atoms with Crippen molar-refractivity contribution in [2.75, 3.05) is 13.2 Å². The Morgan fingerprint density at radius 2 is 1.53 bits per heavy atom. The van der Waals surface area contributed by atoms with Crippen LogP contribution in [0, 0.1) is 11.8 Å². The normalized spacial score (nSPS) is 11.1. The van der Waals surface area contributed by atoms with E-state index in [2.05, 4.69) is 43.6 Å². The van der Waals surface area contributed by atoms with E-state index in [1.807, 2.05) is 18.2 Å². The molecule has 0 amide bonds. The highest BCUT2D eigenvalue weighted by Gasteiger charge is 2.04. The fraction of sp³-hybridized carbons (Fsp3) is 0.625. The Hall–Kier alpha value is -0.700. The summed E-state index contributed by atoms with van der Waals surface area (Å²) in [5.41, 5.74) is 0. The van der Waals surface area contributed by atoms with Crippen molar-refractivity contribution in [3.05, 3.63) is 22.7 Å². The van der Waals surface area contributed by atoms with Crippen molar-refractivity contribution in [1.82, 2.24) is 0 Å². The van der Waals surface area contributed by atoms with E-state index < -0.39 is 0 Å². The average molecular weight is 329 g/mol. The largest absolute Gasteiger partial charge is 0.494 e. The van der Waals surface area contributed by atoms with Crippen LogP contribution in [0.2, 0.25) is 0 Å². The van der Waals surface area contributed by atoms with Gasteiger partial charge in [0.05, 0.1) is 17.7 Å². The topological polar surface area (TPSA) is 18.5 Å². The van der Waals surface area contributed by atoms with Crippen molar-refractivity contribution in [3.8, 4) is 11.5 Å². The molecule has 0 N–H and O–H groups in total. The Balaban J connectivity index is 2.45. The first-order valence-electron chi connectivity index (χ1n) is 7.04. The van der Waals surface area contributed by atoms with Crippen LogP contribution in [0.25, 0.3) is 0 Å². The van der Waals surface area contributed by atoms with Gasteiger partial charge in [-0.05, 0) is 58.8 Å². The molecule has 0 bridgehead atoms. The summed E-state index contributed by atoms with van der Waals surface area (Å²) >= 11 is 3.53. The molecule has 0 saturated carbocycles. The summed E-state index contributed by atoms with van der Waals surface area (Å²) in [6, 6.07) is 5.91. The van der Waals surface area contributed by atoms with Crippen LogP contribution in [0.15, 0.2) is 22.7 Å². The van der Waals surface area contributed by atoms with E-state index in [1.54, 1.807) is 0 Å². The minimum Gasteiger partial charge on any atom is -0.494 e. The molecule has 1 aromatic carbocycles. The van der Waals surface area contributed by atoms with Gasteiger partial charge in [0.2, 0.25) is 0 Å². The zero-order chi connectivity index (χ0) is 14.3. The third-order valence-corrected chi connectivity index (χ3v) is 3.44. The van der Waals surface area contributed by atoms with E-state index in [-0.39, 0.29) is 0 Å². The molecule has 0 spiro atoms. The number of halogens is 1. The zero-order valence-corrected chi connectivity index (χ0v) is 14.0. The summed E-state index contributed by atoms with van der Waals surface area (Å²) in [5, 5.41) is 0. The lowest BCUT2D eigenvalue weighted by molar-refractivity contribution is 0.280. The molecule has 2 nitrogen and oxygen atoms in total. The number of hydrogen-bond donors (Lipinski definition) is 0. The maximum Gasteiger partial charge on any atom is 0.133 e. The van der Waals surface area contributed by atoms with Gasteiger partial charge in [0.1, 0.15) is 11.5 Å². The maximum absolute atomic E-state index is 5.74. The number of rotatable bonds is 8. The van der Waals surface area contributed by atoms with Crippen LogP contribution in [0.3, 0.4) is 0 Å². The lowest BCUT2D eigenvalue weighted by atomic mass is 10.1. The van der Waals surface area contributed by atoms with Gasteiger partial charge >= 0.3 is 0 Å². The van der Waals surface area contributed by atoms with Gasteiger partial charge in [-0.3, -0.25) is 0 Å². The minimum absolute atomic E-state index is 0.664.